The fraction of sp³-hybridized carbons (Fsp3) is 0.632. The van der Waals surface area contributed by atoms with E-state index in [9.17, 15) is 4.79 Å². The number of carbonyl (C=O) groups is 1. The molecule has 1 aromatic carbocycles. The van der Waals surface area contributed by atoms with Gasteiger partial charge in [-0.1, -0.05) is 37.3 Å². The monoisotopic (exact) mass is 302 g/mol. The molecule has 0 aliphatic carbocycles. The van der Waals surface area contributed by atoms with E-state index in [0.717, 1.165) is 38.9 Å². The molecule has 0 radical (unpaired) electrons. The van der Waals surface area contributed by atoms with E-state index in [-0.39, 0.29) is 0 Å². The van der Waals surface area contributed by atoms with Crippen molar-refractivity contribution in [3.63, 3.8) is 0 Å². The van der Waals surface area contributed by atoms with Crippen molar-refractivity contribution in [2.45, 2.75) is 52.0 Å². The van der Waals surface area contributed by atoms with Crippen LogP contribution >= 0.6 is 0 Å². The van der Waals surface area contributed by atoms with Gasteiger partial charge in [-0.15, -0.1) is 0 Å². The molecule has 3 heteroatoms. The molecule has 22 heavy (non-hydrogen) atoms. The lowest BCUT2D eigenvalue weighted by Gasteiger charge is -2.31. The second-order valence-corrected chi connectivity index (χ2v) is 6.33. The van der Waals surface area contributed by atoms with Crippen molar-refractivity contribution in [1.82, 2.24) is 10.2 Å². The Bertz CT molecular complexity index is 440. The van der Waals surface area contributed by atoms with Crippen LogP contribution in [0.3, 0.4) is 0 Å². The van der Waals surface area contributed by atoms with Gasteiger partial charge in [0.2, 0.25) is 5.91 Å². The van der Waals surface area contributed by atoms with Crippen molar-refractivity contribution in [2.24, 2.45) is 5.92 Å². The molecule has 1 heterocycles. The molecule has 1 saturated heterocycles. The number of hydrogen-bond donors (Lipinski definition) is 1. The van der Waals surface area contributed by atoms with Crippen molar-refractivity contribution in [3.05, 3.63) is 35.9 Å². The Morgan fingerprint density at radius 2 is 2.09 bits per heavy atom. The lowest BCUT2D eigenvalue weighted by molar-refractivity contribution is -0.133. The zero-order chi connectivity index (χ0) is 15.8. The molecule has 1 N–H and O–H groups in total. The zero-order valence-electron chi connectivity index (χ0n) is 14.1. The van der Waals surface area contributed by atoms with Gasteiger partial charge < -0.3 is 10.2 Å². The molecule has 1 aliphatic rings. The molecule has 2 unspecified atom stereocenters. The number of carbonyl (C=O) groups excluding carboxylic acids is 1. The van der Waals surface area contributed by atoms with Crippen LogP contribution in [0.2, 0.25) is 0 Å². The Labute approximate surface area is 135 Å². The number of nitrogens with one attached hydrogen (secondary N) is 1. The smallest absolute Gasteiger partial charge is 0.222 e. The molecule has 0 bridgehead atoms. The van der Waals surface area contributed by atoms with Crippen LogP contribution in [0.15, 0.2) is 30.3 Å². The minimum atomic E-state index is 0.321. The molecular formula is C19H30N2O. The molecule has 0 spiro atoms. The summed E-state index contributed by atoms with van der Waals surface area (Å²) < 4.78 is 0. The predicted molar refractivity (Wildman–Crippen MR) is 91.8 cm³/mol. The van der Waals surface area contributed by atoms with Crippen LogP contribution in [0.5, 0.6) is 0 Å². The van der Waals surface area contributed by atoms with E-state index in [1.165, 1.54) is 12.0 Å². The largest absolute Gasteiger partial charge is 0.340 e. The van der Waals surface area contributed by atoms with Crippen LogP contribution in [-0.2, 0) is 11.2 Å². The Hall–Kier alpha value is -1.35. The number of hydrogen-bond acceptors (Lipinski definition) is 2. The van der Waals surface area contributed by atoms with Crippen molar-refractivity contribution in [3.8, 4) is 0 Å². The molecule has 122 valence electrons. The highest BCUT2D eigenvalue weighted by molar-refractivity contribution is 5.76. The summed E-state index contributed by atoms with van der Waals surface area (Å²) >= 11 is 0. The van der Waals surface area contributed by atoms with Gasteiger partial charge in [-0.25, -0.2) is 0 Å². The first kappa shape index (κ1) is 17.0. The van der Waals surface area contributed by atoms with Gasteiger partial charge in [-0.3, -0.25) is 4.79 Å². The number of rotatable bonds is 8. The molecule has 0 aromatic heterocycles. The summed E-state index contributed by atoms with van der Waals surface area (Å²) in [5, 5.41) is 3.38. The second-order valence-electron chi connectivity index (χ2n) is 6.33. The normalized spacial score (nSPS) is 19.1. The SMILES string of the molecule is CCC(Cc1ccccc1)N(CC)C(=O)CCC1CCNC1. The summed E-state index contributed by atoms with van der Waals surface area (Å²) in [5.74, 6) is 1.02. The van der Waals surface area contributed by atoms with Gasteiger partial charge in [-0.05, 0) is 57.2 Å². The van der Waals surface area contributed by atoms with Crippen LogP contribution in [0.1, 0.15) is 45.1 Å². The van der Waals surface area contributed by atoms with Gasteiger partial charge in [0.05, 0.1) is 0 Å². The van der Waals surface area contributed by atoms with Gasteiger partial charge in [0.1, 0.15) is 0 Å². The number of amides is 1. The van der Waals surface area contributed by atoms with E-state index in [2.05, 4.69) is 48.3 Å². The molecular weight excluding hydrogens is 272 g/mol. The minimum absolute atomic E-state index is 0.321. The summed E-state index contributed by atoms with van der Waals surface area (Å²) in [5.41, 5.74) is 1.32. The third kappa shape index (κ3) is 4.84. The van der Waals surface area contributed by atoms with Crippen molar-refractivity contribution in [1.29, 1.82) is 0 Å². The summed E-state index contributed by atoms with van der Waals surface area (Å²) in [6.45, 7) is 7.29. The molecule has 1 aliphatic heterocycles. The Morgan fingerprint density at radius 1 is 1.32 bits per heavy atom. The first-order valence-corrected chi connectivity index (χ1v) is 8.78. The van der Waals surface area contributed by atoms with Gasteiger partial charge in [0, 0.05) is 19.0 Å². The van der Waals surface area contributed by atoms with E-state index >= 15 is 0 Å². The van der Waals surface area contributed by atoms with E-state index in [4.69, 9.17) is 0 Å². The lowest BCUT2D eigenvalue weighted by Crippen LogP contribution is -2.41. The minimum Gasteiger partial charge on any atom is -0.340 e. The molecule has 3 nitrogen and oxygen atoms in total. The van der Waals surface area contributed by atoms with Gasteiger partial charge in [0.15, 0.2) is 0 Å². The first-order valence-electron chi connectivity index (χ1n) is 8.78. The van der Waals surface area contributed by atoms with E-state index in [0.29, 0.717) is 24.3 Å². The van der Waals surface area contributed by atoms with Crippen molar-refractivity contribution in [2.75, 3.05) is 19.6 Å². The highest BCUT2D eigenvalue weighted by atomic mass is 16.2. The molecule has 2 rings (SSSR count). The third-order valence-corrected chi connectivity index (χ3v) is 4.82. The fourth-order valence-electron chi connectivity index (χ4n) is 3.43. The number of likely N-dealkylation sites (N-methyl/N-ethyl adjacent to an activating group) is 1. The molecule has 1 aromatic rings. The average molecular weight is 302 g/mol. The molecule has 1 fully saturated rings. The van der Waals surface area contributed by atoms with E-state index < -0.39 is 0 Å². The van der Waals surface area contributed by atoms with Crippen LogP contribution in [0.25, 0.3) is 0 Å². The molecule has 0 saturated carbocycles. The Kier molecular flexibility index (Phi) is 6.91. The summed E-state index contributed by atoms with van der Waals surface area (Å²) in [7, 11) is 0. The lowest BCUT2D eigenvalue weighted by atomic mass is 9.99. The highest BCUT2D eigenvalue weighted by Gasteiger charge is 2.23. The van der Waals surface area contributed by atoms with Crippen molar-refractivity contribution < 1.29 is 4.79 Å². The number of nitrogens with zero attached hydrogens (tertiary/aromatic N) is 1. The molecule has 1 amide bonds. The highest BCUT2D eigenvalue weighted by Crippen LogP contribution is 2.18. The van der Waals surface area contributed by atoms with Gasteiger partial charge in [-0.2, -0.15) is 0 Å². The van der Waals surface area contributed by atoms with Crippen LogP contribution in [0.4, 0.5) is 0 Å². The van der Waals surface area contributed by atoms with Crippen molar-refractivity contribution >= 4 is 5.91 Å². The maximum atomic E-state index is 12.6. The zero-order valence-corrected chi connectivity index (χ0v) is 14.1. The topological polar surface area (TPSA) is 32.3 Å². The maximum Gasteiger partial charge on any atom is 0.222 e. The van der Waals surface area contributed by atoms with E-state index in [1.807, 2.05) is 6.07 Å². The Morgan fingerprint density at radius 3 is 2.68 bits per heavy atom. The second kappa shape index (κ2) is 8.94. The predicted octanol–water partition coefficient (Wildman–Crippen LogP) is 3.25. The summed E-state index contributed by atoms with van der Waals surface area (Å²) in [4.78, 5) is 14.7. The van der Waals surface area contributed by atoms with Gasteiger partial charge in [0.25, 0.3) is 0 Å². The quantitative estimate of drug-likeness (QED) is 0.799. The Balaban J connectivity index is 1.90. The fourth-order valence-corrected chi connectivity index (χ4v) is 3.43. The van der Waals surface area contributed by atoms with Crippen LogP contribution in [-0.4, -0.2) is 36.5 Å². The standard InChI is InChI=1S/C19H30N2O/c1-3-18(14-16-8-6-5-7-9-16)21(4-2)19(22)11-10-17-12-13-20-15-17/h5-9,17-18,20H,3-4,10-15H2,1-2H3. The van der Waals surface area contributed by atoms with Crippen LogP contribution < -0.4 is 5.32 Å². The summed E-state index contributed by atoms with van der Waals surface area (Å²) in [6, 6.07) is 10.8. The van der Waals surface area contributed by atoms with Crippen LogP contribution in [0, 0.1) is 5.92 Å². The maximum absolute atomic E-state index is 12.6. The number of benzene rings is 1. The first-order chi connectivity index (χ1) is 10.7. The molecule has 2 atom stereocenters. The average Bonchev–Trinajstić information content (AvgIpc) is 3.07. The third-order valence-electron chi connectivity index (χ3n) is 4.82. The van der Waals surface area contributed by atoms with E-state index in [1.54, 1.807) is 0 Å². The summed E-state index contributed by atoms with van der Waals surface area (Å²) in [6.07, 6.45) is 4.93. The van der Waals surface area contributed by atoms with Gasteiger partial charge >= 0.3 is 0 Å².